The summed E-state index contributed by atoms with van der Waals surface area (Å²) in [6.07, 6.45) is 5.73. The lowest BCUT2D eigenvalue weighted by Gasteiger charge is -2.32. The Morgan fingerprint density at radius 3 is 2.69 bits per heavy atom. The summed E-state index contributed by atoms with van der Waals surface area (Å²) in [5.74, 6) is 1.42. The number of rotatable bonds is 3. The van der Waals surface area contributed by atoms with Crippen molar-refractivity contribution in [2.24, 2.45) is 11.7 Å². The van der Waals surface area contributed by atoms with Crippen LogP contribution < -0.4 is 11.1 Å². The zero-order chi connectivity index (χ0) is 9.10. The standard InChI is InChI=1S/C9H14N4/c10-8-4-7(5-8)6-13-9-11-2-1-3-12-9/h1-3,7-8H,4-6,10H2,(H,11,12,13). The van der Waals surface area contributed by atoms with E-state index in [1.54, 1.807) is 12.4 Å². The predicted molar refractivity (Wildman–Crippen MR) is 51.2 cm³/mol. The molecular weight excluding hydrogens is 164 g/mol. The lowest BCUT2D eigenvalue weighted by atomic mass is 9.81. The van der Waals surface area contributed by atoms with Crippen LogP contribution in [-0.2, 0) is 0 Å². The lowest BCUT2D eigenvalue weighted by molar-refractivity contribution is 0.279. The fourth-order valence-electron chi connectivity index (χ4n) is 1.58. The second kappa shape index (κ2) is 3.70. The number of nitrogens with two attached hydrogens (primary N) is 1. The van der Waals surface area contributed by atoms with E-state index in [1.807, 2.05) is 6.07 Å². The van der Waals surface area contributed by atoms with Gasteiger partial charge >= 0.3 is 0 Å². The molecule has 1 aromatic heterocycles. The van der Waals surface area contributed by atoms with E-state index < -0.39 is 0 Å². The van der Waals surface area contributed by atoms with Crippen molar-refractivity contribution in [3.63, 3.8) is 0 Å². The molecule has 0 aliphatic heterocycles. The van der Waals surface area contributed by atoms with E-state index in [4.69, 9.17) is 5.73 Å². The van der Waals surface area contributed by atoms with E-state index in [0.717, 1.165) is 19.4 Å². The minimum Gasteiger partial charge on any atom is -0.354 e. The molecular formula is C9H14N4. The van der Waals surface area contributed by atoms with E-state index in [0.29, 0.717) is 17.9 Å². The van der Waals surface area contributed by atoms with Gasteiger partial charge in [-0.25, -0.2) is 9.97 Å². The normalized spacial score (nSPS) is 26.5. The molecule has 13 heavy (non-hydrogen) atoms. The fourth-order valence-corrected chi connectivity index (χ4v) is 1.58. The molecule has 0 aromatic carbocycles. The highest BCUT2D eigenvalue weighted by atomic mass is 15.1. The first-order valence-electron chi connectivity index (χ1n) is 4.61. The minimum absolute atomic E-state index is 0.420. The van der Waals surface area contributed by atoms with Gasteiger partial charge in [0.15, 0.2) is 0 Å². The summed E-state index contributed by atoms with van der Waals surface area (Å²) in [4.78, 5) is 8.15. The average molecular weight is 178 g/mol. The molecule has 4 heteroatoms. The molecule has 0 radical (unpaired) electrons. The van der Waals surface area contributed by atoms with Gasteiger partial charge in [0, 0.05) is 25.0 Å². The number of aromatic nitrogens is 2. The Balaban J connectivity index is 1.74. The SMILES string of the molecule is NC1CC(CNc2ncccn2)C1. The van der Waals surface area contributed by atoms with E-state index in [9.17, 15) is 0 Å². The van der Waals surface area contributed by atoms with E-state index in [1.165, 1.54) is 0 Å². The molecule has 1 heterocycles. The van der Waals surface area contributed by atoms with Crippen LogP contribution in [0.3, 0.4) is 0 Å². The molecule has 3 N–H and O–H groups in total. The monoisotopic (exact) mass is 178 g/mol. The molecule has 1 saturated carbocycles. The summed E-state index contributed by atoms with van der Waals surface area (Å²) >= 11 is 0. The van der Waals surface area contributed by atoms with Gasteiger partial charge < -0.3 is 11.1 Å². The van der Waals surface area contributed by atoms with Gasteiger partial charge in [-0.3, -0.25) is 0 Å². The Hall–Kier alpha value is -1.16. The topological polar surface area (TPSA) is 63.8 Å². The lowest BCUT2D eigenvalue weighted by Crippen LogP contribution is -2.39. The molecule has 1 aromatic rings. The molecule has 0 atom stereocenters. The maximum Gasteiger partial charge on any atom is 0.222 e. The summed E-state index contributed by atoms with van der Waals surface area (Å²) in [6.45, 7) is 0.942. The van der Waals surface area contributed by atoms with Crippen LogP contribution in [0.4, 0.5) is 5.95 Å². The first-order valence-corrected chi connectivity index (χ1v) is 4.61. The zero-order valence-corrected chi connectivity index (χ0v) is 7.48. The quantitative estimate of drug-likeness (QED) is 0.712. The van der Waals surface area contributed by atoms with Crippen molar-refractivity contribution in [1.29, 1.82) is 0 Å². The second-order valence-electron chi connectivity index (χ2n) is 3.55. The first kappa shape index (κ1) is 8.44. The van der Waals surface area contributed by atoms with Crippen LogP contribution in [0.2, 0.25) is 0 Å². The molecule has 0 bridgehead atoms. The largest absolute Gasteiger partial charge is 0.354 e. The molecule has 1 fully saturated rings. The molecule has 0 saturated heterocycles. The van der Waals surface area contributed by atoms with Gasteiger partial charge in [-0.2, -0.15) is 0 Å². The van der Waals surface area contributed by atoms with Crippen molar-refractivity contribution in [3.8, 4) is 0 Å². The number of nitrogens with zero attached hydrogens (tertiary/aromatic N) is 2. The van der Waals surface area contributed by atoms with E-state index >= 15 is 0 Å². The first-order chi connectivity index (χ1) is 6.34. The van der Waals surface area contributed by atoms with Gasteiger partial charge in [0.2, 0.25) is 5.95 Å². The highest BCUT2D eigenvalue weighted by Crippen LogP contribution is 2.25. The molecule has 1 aliphatic carbocycles. The Bertz CT molecular complexity index is 256. The van der Waals surface area contributed by atoms with Gasteiger partial charge in [-0.15, -0.1) is 0 Å². The molecule has 4 nitrogen and oxygen atoms in total. The third-order valence-electron chi connectivity index (χ3n) is 2.39. The van der Waals surface area contributed by atoms with Gasteiger partial charge in [0.25, 0.3) is 0 Å². The van der Waals surface area contributed by atoms with E-state index in [-0.39, 0.29) is 0 Å². The van der Waals surface area contributed by atoms with Gasteiger partial charge in [0.1, 0.15) is 0 Å². The van der Waals surface area contributed by atoms with Crippen LogP contribution in [0.25, 0.3) is 0 Å². The fraction of sp³-hybridized carbons (Fsp3) is 0.556. The third kappa shape index (κ3) is 2.15. The van der Waals surface area contributed by atoms with Crippen molar-refractivity contribution in [3.05, 3.63) is 18.5 Å². The van der Waals surface area contributed by atoms with Crippen molar-refractivity contribution >= 4 is 5.95 Å². The van der Waals surface area contributed by atoms with Gasteiger partial charge in [-0.05, 0) is 24.8 Å². The molecule has 0 spiro atoms. The summed E-state index contributed by atoms with van der Waals surface area (Å²) < 4.78 is 0. The van der Waals surface area contributed by atoms with Crippen LogP contribution in [0.5, 0.6) is 0 Å². The number of nitrogens with one attached hydrogen (secondary N) is 1. The predicted octanol–water partition coefficient (Wildman–Crippen LogP) is 0.626. The summed E-state index contributed by atoms with van der Waals surface area (Å²) in [7, 11) is 0. The molecule has 0 amide bonds. The van der Waals surface area contributed by atoms with Crippen LogP contribution in [0.1, 0.15) is 12.8 Å². The average Bonchev–Trinajstić information content (AvgIpc) is 2.12. The Morgan fingerprint density at radius 2 is 2.08 bits per heavy atom. The molecule has 0 unspecified atom stereocenters. The number of hydrogen-bond acceptors (Lipinski definition) is 4. The summed E-state index contributed by atoms with van der Waals surface area (Å²) in [5, 5.41) is 3.19. The molecule has 2 rings (SSSR count). The Morgan fingerprint density at radius 1 is 1.38 bits per heavy atom. The van der Waals surface area contributed by atoms with Crippen LogP contribution in [0, 0.1) is 5.92 Å². The van der Waals surface area contributed by atoms with Crippen LogP contribution >= 0.6 is 0 Å². The van der Waals surface area contributed by atoms with Gasteiger partial charge in [0.05, 0.1) is 0 Å². The van der Waals surface area contributed by atoms with Gasteiger partial charge in [-0.1, -0.05) is 0 Å². The summed E-state index contributed by atoms with van der Waals surface area (Å²) in [6, 6.07) is 2.23. The highest BCUT2D eigenvalue weighted by Gasteiger charge is 2.25. The van der Waals surface area contributed by atoms with Crippen molar-refractivity contribution < 1.29 is 0 Å². The van der Waals surface area contributed by atoms with Crippen molar-refractivity contribution in [2.45, 2.75) is 18.9 Å². The maximum atomic E-state index is 5.68. The van der Waals surface area contributed by atoms with E-state index in [2.05, 4.69) is 15.3 Å². The maximum absolute atomic E-state index is 5.68. The minimum atomic E-state index is 0.420. The number of anilines is 1. The third-order valence-corrected chi connectivity index (χ3v) is 2.39. The van der Waals surface area contributed by atoms with Crippen molar-refractivity contribution in [1.82, 2.24) is 9.97 Å². The molecule has 70 valence electrons. The molecule has 1 aliphatic rings. The Kier molecular flexibility index (Phi) is 2.40. The zero-order valence-electron chi connectivity index (χ0n) is 7.48. The Labute approximate surface area is 77.6 Å². The van der Waals surface area contributed by atoms with Crippen LogP contribution in [0.15, 0.2) is 18.5 Å². The summed E-state index contributed by atoms with van der Waals surface area (Å²) in [5.41, 5.74) is 5.68. The van der Waals surface area contributed by atoms with Crippen LogP contribution in [-0.4, -0.2) is 22.6 Å². The van der Waals surface area contributed by atoms with Crippen molar-refractivity contribution in [2.75, 3.05) is 11.9 Å². The number of hydrogen-bond donors (Lipinski definition) is 2. The highest BCUT2D eigenvalue weighted by molar-refractivity contribution is 5.22. The smallest absolute Gasteiger partial charge is 0.222 e. The second-order valence-corrected chi connectivity index (χ2v) is 3.55.